The predicted octanol–water partition coefficient (Wildman–Crippen LogP) is 3.05. The number of nitrogens with one attached hydrogen (secondary N) is 1. The second-order valence-electron chi connectivity index (χ2n) is 6.19. The van der Waals surface area contributed by atoms with Crippen LogP contribution in [0.4, 0.5) is 8.78 Å². The van der Waals surface area contributed by atoms with Gasteiger partial charge >= 0.3 is 0 Å². The fourth-order valence-electron chi connectivity index (χ4n) is 3.04. The first-order valence-corrected chi connectivity index (χ1v) is 7.38. The lowest BCUT2D eigenvalue weighted by atomic mass is 9.76. The summed E-state index contributed by atoms with van der Waals surface area (Å²) in [5.74, 6) is -0.699. The number of rotatable bonds is 5. The van der Waals surface area contributed by atoms with Crippen LogP contribution < -0.4 is 5.32 Å². The van der Waals surface area contributed by atoms with E-state index in [9.17, 15) is 8.78 Å². The lowest BCUT2D eigenvalue weighted by Gasteiger charge is -2.33. The maximum Gasteiger partial charge on any atom is 0.126 e. The number of ether oxygens (including phenoxy) is 1. The first-order chi connectivity index (χ1) is 9.59. The Balaban J connectivity index is 1.79. The monoisotopic (exact) mass is 281 g/mol. The van der Waals surface area contributed by atoms with E-state index in [4.69, 9.17) is 4.74 Å². The van der Waals surface area contributed by atoms with Crippen molar-refractivity contribution in [2.24, 2.45) is 5.41 Å². The van der Waals surface area contributed by atoms with Gasteiger partial charge in [-0.2, -0.15) is 0 Å². The van der Waals surface area contributed by atoms with Crippen molar-refractivity contribution in [3.8, 4) is 0 Å². The average molecular weight is 281 g/mol. The summed E-state index contributed by atoms with van der Waals surface area (Å²) in [6, 6.07) is 4.31. The quantitative estimate of drug-likeness (QED) is 0.895. The van der Waals surface area contributed by atoms with Gasteiger partial charge < -0.3 is 10.1 Å². The van der Waals surface area contributed by atoms with Crippen LogP contribution in [0.15, 0.2) is 18.2 Å². The molecule has 2 unspecified atom stereocenters. The summed E-state index contributed by atoms with van der Waals surface area (Å²) in [5, 5.41) is 3.53. The lowest BCUT2D eigenvalue weighted by Crippen LogP contribution is -2.42. The molecule has 1 saturated heterocycles. The van der Waals surface area contributed by atoms with Crippen molar-refractivity contribution in [1.82, 2.24) is 5.32 Å². The molecule has 2 fully saturated rings. The summed E-state index contributed by atoms with van der Waals surface area (Å²) < 4.78 is 33.0. The Morgan fingerprint density at radius 2 is 2.15 bits per heavy atom. The predicted molar refractivity (Wildman–Crippen MR) is 73.6 cm³/mol. The number of halogens is 2. The van der Waals surface area contributed by atoms with E-state index < -0.39 is 0 Å². The standard InChI is InChI=1S/C16H21F2NO/c1-11-16(6-7-20-11,10-19-14-3-4-14)9-12-8-13(17)2-5-15(12)18/h2,5,8,11,14,19H,3-4,6-7,9-10H2,1H3. The summed E-state index contributed by atoms with van der Waals surface area (Å²) in [4.78, 5) is 0. The minimum atomic E-state index is -0.377. The van der Waals surface area contributed by atoms with E-state index in [1.54, 1.807) is 0 Å². The van der Waals surface area contributed by atoms with Gasteiger partial charge in [-0.25, -0.2) is 8.78 Å². The molecule has 3 rings (SSSR count). The van der Waals surface area contributed by atoms with Crippen LogP contribution in [0, 0.1) is 17.0 Å². The molecule has 0 radical (unpaired) electrons. The van der Waals surface area contributed by atoms with Gasteiger partial charge in [0.15, 0.2) is 0 Å². The lowest BCUT2D eigenvalue weighted by molar-refractivity contribution is 0.0624. The zero-order chi connectivity index (χ0) is 14.2. The third kappa shape index (κ3) is 2.86. The van der Waals surface area contributed by atoms with Gasteiger partial charge in [-0.05, 0) is 56.4 Å². The van der Waals surface area contributed by atoms with E-state index >= 15 is 0 Å². The van der Waals surface area contributed by atoms with Crippen LogP contribution in [0.5, 0.6) is 0 Å². The third-order valence-electron chi connectivity index (χ3n) is 4.70. The van der Waals surface area contributed by atoms with E-state index in [0.29, 0.717) is 24.6 Å². The average Bonchev–Trinajstić information content (AvgIpc) is 3.18. The van der Waals surface area contributed by atoms with Crippen LogP contribution in [-0.2, 0) is 11.2 Å². The fraction of sp³-hybridized carbons (Fsp3) is 0.625. The summed E-state index contributed by atoms with van der Waals surface area (Å²) in [7, 11) is 0. The molecule has 1 aliphatic carbocycles. The molecule has 2 nitrogen and oxygen atoms in total. The molecular weight excluding hydrogens is 260 g/mol. The Morgan fingerprint density at radius 1 is 1.35 bits per heavy atom. The third-order valence-corrected chi connectivity index (χ3v) is 4.70. The van der Waals surface area contributed by atoms with Gasteiger partial charge in [-0.15, -0.1) is 0 Å². The molecule has 0 aromatic heterocycles. The Kier molecular flexibility index (Phi) is 3.78. The molecule has 2 atom stereocenters. The second kappa shape index (κ2) is 5.41. The van der Waals surface area contributed by atoms with Gasteiger partial charge in [0.25, 0.3) is 0 Å². The molecule has 1 saturated carbocycles. The number of hydrogen-bond donors (Lipinski definition) is 1. The molecule has 110 valence electrons. The Bertz CT molecular complexity index is 489. The minimum absolute atomic E-state index is 0.0661. The van der Waals surface area contributed by atoms with Crippen molar-refractivity contribution in [2.45, 2.75) is 44.8 Å². The van der Waals surface area contributed by atoms with Crippen molar-refractivity contribution >= 4 is 0 Å². The van der Waals surface area contributed by atoms with Gasteiger partial charge in [-0.1, -0.05) is 0 Å². The molecule has 0 bridgehead atoms. The molecule has 1 N–H and O–H groups in total. The molecule has 1 heterocycles. The molecule has 0 spiro atoms. The van der Waals surface area contributed by atoms with Crippen molar-refractivity contribution in [3.05, 3.63) is 35.4 Å². The number of hydrogen-bond acceptors (Lipinski definition) is 2. The highest BCUT2D eigenvalue weighted by molar-refractivity contribution is 5.21. The zero-order valence-corrected chi connectivity index (χ0v) is 11.8. The van der Waals surface area contributed by atoms with Crippen LogP contribution >= 0.6 is 0 Å². The molecule has 0 amide bonds. The summed E-state index contributed by atoms with van der Waals surface area (Å²) in [6.07, 6.45) is 3.93. The topological polar surface area (TPSA) is 21.3 Å². The van der Waals surface area contributed by atoms with Gasteiger partial charge in [0.05, 0.1) is 6.10 Å². The van der Waals surface area contributed by atoms with Gasteiger partial charge in [-0.3, -0.25) is 0 Å². The molecule has 1 aromatic rings. The zero-order valence-electron chi connectivity index (χ0n) is 11.8. The minimum Gasteiger partial charge on any atom is -0.378 e. The Labute approximate surface area is 118 Å². The normalized spacial score (nSPS) is 29.9. The highest BCUT2D eigenvalue weighted by Crippen LogP contribution is 2.39. The fourth-order valence-corrected chi connectivity index (χ4v) is 3.04. The Hall–Kier alpha value is -1.00. The molecule has 1 aromatic carbocycles. The maximum atomic E-state index is 13.9. The largest absolute Gasteiger partial charge is 0.378 e. The maximum absolute atomic E-state index is 13.9. The van der Waals surface area contributed by atoms with E-state index in [2.05, 4.69) is 5.32 Å². The van der Waals surface area contributed by atoms with Crippen LogP contribution in [-0.4, -0.2) is 25.3 Å². The molecule has 20 heavy (non-hydrogen) atoms. The smallest absolute Gasteiger partial charge is 0.126 e. The number of benzene rings is 1. The van der Waals surface area contributed by atoms with Crippen molar-refractivity contribution in [2.75, 3.05) is 13.2 Å². The molecule has 2 aliphatic rings. The van der Waals surface area contributed by atoms with Crippen LogP contribution in [0.3, 0.4) is 0 Å². The highest BCUT2D eigenvalue weighted by Gasteiger charge is 2.42. The Morgan fingerprint density at radius 3 is 2.80 bits per heavy atom. The van der Waals surface area contributed by atoms with E-state index in [-0.39, 0.29) is 23.2 Å². The van der Waals surface area contributed by atoms with E-state index in [1.165, 1.54) is 31.0 Å². The van der Waals surface area contributed by atoms with Gasteiger partial charge in [0, 0.05) is 24.6 Å². The van der Waals surface area contributed by atoms with Crippen LogP contribution in [0.25, 0.3) is 0 Å². The van der Waals surface area contributed by atoms with Crippen molar-refractivity contribution in [3.63, 3.8) is 0 Å². The first kappa shape index (κ1) is 14.0. The van der Waals surface area contributed by atoms with Crippen molar-refractivity contribution < 1.29 is 13.5 Å². The summed E-state index contributed by atoms with van der Waals surface area (Å²) in [6.45, 7) is 3.55. The highest BCUT2D eigenvalue weighted by atomic mass is 19.1. The first-order valence-electron chi connectivity index (χ1n) is 7.38. The second-order valence-corrected chi connectivity index (χ2v) is 6.19. The SMILES string of the molecule is CC1OCCC1(CNC1CC1)Cc1cc(F)ccc1F. The summed E-state index contributed by atoms with van der Waals surface area (Å²) in [5.41, 5.74) is 0.331. The van der Waals surface area contributed by atoms with Gasteiger partial charge in [0.1, 0.15) is 11.6 Å². The van der Waals surface area contributed by atoms with Crippen LogP contribution in [0.2, 0.25) is 0 Å². The molecule has 4 heteroatoms. The van der Waals surface area contributed by atoms with E-state index in [1.807, 2.05) is 6.92 Å². The van der Waals surface area contributed by atoms with Gasteiger partial charge in [0.2, 0.25) is 0 Å². The van der Waals surface area contributed by atoms with E-state index in [0.717, 1.165) is 13.0 Å². The van der Waals surface area contributed by atoms with Crippen LogP contribution in [0.1, 0.15) is 31.7 Å². The molecular formula is C16H21F2NO. The van der Waals surface area contributed by atoms with Crippen molar-refractivity contribution in [1.29, 1.82) is 0 Å². The summed E-state index contributed by atoms with van der Waals surface area (Å²) >= 11 is 0. The molecule has 1 aliphatic heterocycles.